The zero-order chi connectivity index (χ0) is 14.5. The Bertz CT molecular complexity index is 77.2. The van der Waals surface area contributed by atoms with Gasteiger partial charge in [0, 0.05) is 41.2 Å². The van der Waals surface area contributed by atoms with Crippen molar-refractivity contribution >= 4 is 0 Å². The molecule has 0 aromatic heterocycles. The third-order valence-corrected chi connectivity index (χ3v) is 1.48. The average Bonchev–Trinajstić information content (AvgIpc) is 2.42. The summed E-state index contributed by atoms with van der Waals surface area (Å²) in [7, 11) is 4.78. The van der Waals surface area contributed by atoms with E-state index in [1.807, 2.05) is 0 Å². The topological polar surface area (TPSA) is 96.9 Å². The smallest absolute Gasteiger partial charge is 0.854 e. The minimum atomic E-state index is -0.0200. The van der Waals surface area contributed by atoms with E-state index in [0.717, 1.165) is 0 Å². The fourth-order valence-electron chi connectivity index (χ4n) is 0.610. The Morgan fingerprint density at radius 3 is 0.842 bits per heavy atom. The molecule has 0 N–H and O–H groups in total. The van der Waals surface area contributed by atoms with Crippen LogP contribution in [0.15, 0.2) is 0 Å². The second kappa shape index (κ2) is 36.4. The summed E-state index contributed by atoms with van der Waals surface area (Å²) in [5.74, 6) is 0. The van der Waals surface area contributed by atoms with Crippen molar-refractivity contribution in [3.63, 3.8) is 0 Å². The van der Waals surface area contributed by atoms with Crippen molar-refractivity contribution in [2.24, 2.45) is 0 Å². The van der Waals surface area contributed by atoms with Crippen LogP contribution in [0.3, 0.4) is 0 Å². The summed E-state index contributed by atoms with van der Waals surface area (Å²) in [5, 5.41) is 28.8. The summed E-state index contributed by atoms with van der Waals surface area (Å²) in [6, 6.07) is 0. The van der Waals surface area contributed by atoms with Crippen molar-refractivity contribution in [1.29, 1.82) is 0 Å². The SMILES string of the molecule is COCCC[O-].COCCC[O-].COCCC[O-].[Tb+3]. The minimum absolute atomic E-state index is 0. The second-order valence-electron chi connectivity index (χ2n) is 3.15. The molecule has 0 atom stereocenters. The van der Waals surface area contributed by atoms with Gasteiger partial charge in [0.05, 0.1) is 0 Å². The fraction of sp³-hybridized carbons (Fsp3) is 1.00. The van der Waals surface area contributed by atoms with Crippen molar-refractivity contribution in [3.8, 4) is 0 Å². The second-order valence-corrected chi connectivity index (χ2v) is 3.15. The summed E-state index contributed by atoms with van der Waals surface area (Å²) in [5.41, 5.74) is 0. The zero-order valence-corrected chi connectivity index (χ0v) is 14.3. The van der Waals surface area contributed by atoms with E-state index in [1.54, 1.807) is 21.3 Å². The molecule has 0 spiro atoms. The molecule has 0 heterocycles. The molecule has 0 amide bonds. The van der Waals surface area contributed by atoms with Gasteiger partial charge >= 0.3 is 38.6 Å². The normalized spacial score (nSPS) is 8.53. The maximum atomic E-state index is 9.61. The predicted octanol–water partition coefficient (Wildman–Crippen LogP) is -1.85. The molecule has 0 aromatic rings. The van der Waals surface area contributed by atoms with Gasteiger partial charge in [-0.2, -0.15) is 0 Å². The number of ether oxygens (including phenoxy) is 3. The maximum absolute atomic E-state index is 9.61. The molecule has 6 nitrogen and oxygen atoms in total. The predicted molar refractivity (Wildman–Crippen MR) is 64.1 cm³/mol. The molecule has 7 heteroatoms. The minimum Gasteiger partial charge on any atom is -0.854 e. The molecular formula is C12H27O6Tb. The van der Waals surface area contributed by atoms with Gasteiger partial charge in [0.2, 0.25) is 0 Å². The first-order valence-corrected chi connectivity index (χ1v) is 5.96. The van der Waals surface area contributed by atoms with Crippen molar-refractivity contribution in [2.75, 3.05) is 61.0 Å². The first-order valence-electron chi connectivity index (χ1n) is 5.96. The molecule has 0 aromatic carbocycles. The van der Waals surface area contributed by atoms with Gasteiger partial charge in [-0.3, -0.25) is 0 Å². The molecule has 0 fully saturated rings. The van der Waals surface area contributed by atoms with E-state index in [4.69, 9.17) is 0 Å². The quantitative estimate of drug-likeness (QED) is 0.402. The van der Waals surface area contributed by atoms with Crippen molar-refractivity contribution in [2.45, 2.75) is 19.3 Å². The van der Waals surface area contributed by atoms with Gasteiger partial charge in [-0.05, 0) is 19.3 Å². The zero-order valence-electron chi connectivity index (χ0n) is 12.1. The van der Waals surface area contributed by atoms with Gasteiger partial charge < -0.3 is 29.5 Å². The van der Waals surface area contributed by atoms with E-state index in [1.165, 1.54) is 0 Å². The summed E-state index contributed by atoms with van der Waals surface area (Å²) in [6.45, 7) is 1.74. The molecule has 0 saturated carbocycles. The van der Waals surface area contributed by atoms with Crippen LogP contribution in [0.5, 0.6) is 0 Å². The van der Waals surface area contributed by atoms with Crippen LogP contribution in [0.25, 0.3) is 0 Å². The Kier molecular flexibility index (Phi) is 54.2. The van der Waals surface area contributed by atoms with Crippen LogP contribution in [0.1, 0.15) is 19.3 Å². The average molecular weight is 426 g/mol. The molecular weight excluding hydrogens is 399 g/mol. The van der Waals surface area contributed by atoms with Crippen LogP contribution in [-0.2, 0) is 14.2 Å². The van der Waals surface area contributed by atoms with E-state index < -0.39 is 0 Å². The van der Waals surface area contributed by atoms with Gasteiger partial charge in [0.1, 0.15) is 0 Å². The summed E-state index contributed by atoms with van der Waals surface area (Å²) < 4.78 is 13.7. The Balaban J connectivity index is -0.0000000865. The first-order chi connectivity index (χ1) is 8.74. The Morgan fingerprint density at radius 1 is 0.579 bits per heavy atom. The van der Waals surface area contributed by atoms with E-state index in [-0.39, 0.29) is 58.4 Å². The molecule has 0 radical (unpaired) electrons. The van der Waals surface area contributed by atoms with E-state index in [2.05, 4.69) is 14.2 Å². The van der Waals surface area contributed by atoms with Crippen LogP contribution in [0.2, 0.25) is 0 Å². The first kappa shape index (κ1) is 28.2. The molecule has 0 unspecified atom stereocenters. The molecule has 0 aliphatic heterocycles. The van der Waals surface area contributed by atoms with E-state index in [0.29, 0.717) is 39.1 Å². The Labute approximate surface area is 147 Å². The van der Waals surface area contributed by atoms with Gasteiger partial charge in [-0.15, -0.1) is 19.8 Å². The van der Waals surface area contributed by atoms with E-state index in [9.17, 15) is 15.3 Å². The van der Waals surface area contributed by atoms with E-state index >= 15 is 0 Å². The number of hydrogen-bond donors (Lipinski definition) is 0. The number of rotatable bonds is 9. The van der Waals surface area contributed by atoms with Crippen LogP contribution < -0.4 is 15.3 Å². The summed E-state index contributed by atoms with van der Waals surface area (Å²) >= 11 is 0. The standard InChI is InChI=1S/3C4H9O2.Tb/c3*1-6-4-2-3-5;/h3*2-4H2,1H3;/q3*-1;+3. The fourth-order valence-corrected chi connectivity index (χ4v) is 0.610. The molecule has 120 valence electrons. The van der Waals surface area contributed by atoms with Crippen molar-refractivity contribution in [1.82, 2.24) is 0 Å². The molecule has 0 aliphatic carbocycles. The van der Waals surface area contributed by atoms with Crippen LogP contribution in [0, 0.1) is 38.6 Å². The molecule has 0 aliphatic rings. The van der Waals surface area contributed by atoms with Crippen LogP contribution in [-0.4, -0.2) is 61.0 Å². The third-order valence-electron chi connectivity index (χ3n) is 1.48. The van der Waals surface area contributed by atoms with Gasteiger partial charge in [0.15, 0.2) is 0 Å². The molecule has 0 rings (SSSR count). The Morgan fingerprint density at radius 2 is 0.789 bits per heavy atom. The molecule has 0 bridgehead atoms. The monoisotopic (exact) mass is 426 g/mol. The molecule has 0 saturated heterocycles. The van der Waals surface area contributed by atoms with Gasteiger partial charge in [-0.25, -0.2) is 0 Å². The van der Waals surface area contributed by atoms with Gasteiger partial charge in [0.25, 0.3) is 0 Å². The summed E-state index contributed by atoms with van der Waals surface area (Å²) in [4.78, 5) is 0. The number of methoxy groups -OCH3 is 3. The molecule has 19 heavy (non-hydrogen) atoms. The van der Waals surface area contributed by atoms with Crippen LogP contribution in [0.4, 0.5) is 0 Å². The van der Waals surface area contributed by atoms with Crippen molar-refractivity contribution in [3.05, 3.63) is 0 Å². The number of hydrogen-bond acceptors (Lipinski definition) is 6. The van der Waals surface area contributed by atoms with Crippen molar-refractivity contribution < 1.29 is 68.1 Å². The largest absolute Gasteiger partial charge is 3.00 e. The Hall–Kier alpha value is 1.05. The maximum Gasteiger partial charge on any atom is 3.00 e. The van der Waals surface area contributed by atoms with Gasteiger partial charge in [-0.1, -0.05) is 0 Å². The third kappa shape index (κ3) is 54.8. The van der Waals surface area contributed by atoms with Crippen LogP contribution >= 0.6 is 0 Å². The summed E-state index contributed by atoms with van der Waals surface area (Å²) in [6.07, 6.45) is 1.91.